The Morgan fingerprint density at radius 3 is 2.40 bits per heavy atom. The highest BCUT2D eigenvalue weighted by Gasteiger charge is 2.45. The van der Waals surface area contributed by atoms with Gasteiger partial charge in [-0.05, 0) is 54.7 Å². The molecule has 0 radical (unpaired) electrons. The van der Waals surface area contributed by atoms with E-state index < -0.39 is 17.8 Å². The molecule has 1 aliphatic heterocycles. The van der Waals surface area contributed by atoms with Gasteiger partial charge < -0.3 is 19.3 Å². The number of phenolic OH excluding ortho intramolecular Hbond substituents is 1. The van der Waals surface area contributed by atoms with E-state index >= 15 is 0 Å². The van der Waals surface area contributed by atoms with Gasteiger partial charge in [0, 0.05) is 29.3 Å². The molecular weight excluding hydrogens is 530 g/mol. The lowest BCUT2D eigenvalue weighted by atomic mass is 9.69. The minimum atomic E-state index is -0.863. The molecule has 3 atom stereocenters. The van der Waals surface area contributed by atoms with Crippen LogP contribution in [-0.4, -0.2) is 42.9 Å². The Balaban J connectivity index is 1.47. The lowest BCUT2D eigenvalue weighted by Crippen LogP contribution is -2.38. The third-order valence-corrected chi connectivity index (χ3v) is 7.67. The molecule has 40 heavy (non-hydrogen) atoms. The molecule has 3 aromatic rings. The molecule has 206 valence electrons. The number of para-hydroxylation sites is 1. The monoisotopic (exact) mass is 559 g/mol. The van der Waals surface area contributed by atoms with Crippen molar-refractivity contribution in [3.05, 3.63) is 100 Å². The minimum absolute atomic E-state index is 0.0128. The van der Waals surface area contributed by atoms with Crippen molar-refractivity contribution >= 4 is 29.1 Å². The lowest BCUT2D eigenvalue weighted by Gasteiger charge is -2.36. The second-order valence-electron chi connectivity index (χ2n) is 9.89. The Morgan fingerprint density at radius 2 is 1.70 bits per heavy atom. The minimum Gasteiger partial charge on any atom is -0.503 e. The van der Waals surface area contributed by atoms with Crippen LogP contribution in [0.3, 0.4) is 0 Å². The summed E-state index contributed by atoms with van der Waals surface area (Å²) >= 11 is 6.36. The molecule has 0 bridgehead atoms. The highest BCUT2D eigenvalue weighted by molar-refractivity contribution is 6.32. The third kappa shape index (κ3) is 5.61. The molecule has 0 saturated heterocycles. The van der Waals surface area contributed by atoms with Gasteiger partial charge in [0.25, 0.3) is 0 Å². The number of aromatic hydroxyl groups is 1. The quantitative estimate of drug-likeness (QED) is 0.259. The van der Waals surface area contributed by atoms with Crippen LogP contribution < -0.4 is 9.47 Å². The number of carbonyl (C=O) groups is 2. The van der Waals surface area contributed by atoms with E-state index in [2.05, 4.69) is 0 Å². The summed E-state index contributed by atoms with van der Waals surface area (Å²) in [7, 11) is 1.42. The fourth-order valence-electron chi connectivity index (χ4n) is 5.52. The number of Topliss-reactive ketones (excluding diaryl/α,β-unsaturated/α-hetero) is 1. The first-order valence-corrected chi connectivity index (χ1v) is 13.5. The fourth-order valence-corrected chi connectivity index (χ4v) is 5.74. The van der Waals surface area contributed by atoms with Crippen LogP contribution in [-0.2, 0) is 14.3 Å². The van der Waals surface area contributed by atoms with E-state index in [0.717, 1.165) is 5.56 Å². The van der Waals surface area contributed by atoms with Crippen molar-refractivity contribution < 1.29 is 28.9 Å². The van der Waals surface area contributed by atoms with Crippen LogP contribution in [0.15, 0.2) is 89.1 Å². The van der Waals surface area contributed by atoms with Gasteiger partial charge in [-0.2, -0.15) is 0 Å². The molecular formula is C32H30ClNO6. The van der Waals surface area contributed by atoms with Crippen molar-refractivity contribution in [1.82, 2.24) is 0 Å². The predicted molar refractivity (Wildman–Crippen MR) is 152 cm³/mol. The van der Waals surface area contributed by atoms with Gasteiger partial charge in [-0.15, -0.1) is 0 Å². The van der Waals surface area contributed by atoms with Crippen LogP contribution in [0, 0.1) is 5.92 Å². The maximum atomic E-state index is 13.8. The van der Waals surface area contributed by atoms with Crippen LogP contribution in [0.25, 0.3) is 0 Å². The molecule has 1 N–H and O–H groups in total. The van der Waals surface area contributed by atoms with Crippen molar-refractivity contribution in [2.75, 3.05) is 20.3 Å². The van der Waals surface area contributed by atoms with Gasteiger partial charge in [0.2, 0.25) is 0 Å². The molecule has 1 heterocycles. The number of allylic oxidation sites excluding steroid dienone is 2. The molecule has 0 aromatic heterocycles. The van der Waals surface area contributed by atoms with Crippen LogP contribution >= 0.6 is 11.6 Å². The van der Waals surface area contributed by atoms with E-state index in [0.29, 0.717) is 41.1 Å². The zero-order chi connectivity index (χ0) is 28.2. The standard InChI is InChI=1S/C32H30ClNO6/c1-19-28(32(37)40-14-13-39-23-11-7-4-8-12-23)29(22-15-24(33)31(36)27(18-22)38-2)30-25(34-19)16-21(17-26(30)35)20-9-5-3-6-10-20/h3-12,15,18,21,28-29,36H,13-14,16-17H2,1-2H3/t21-,28?,29-/m1/s1. The van der Waals surface area contributed by atoms with E-state index in [1.165, 1.54) is 7.11 Å². The van der Waals surface area contributed by atoms with E-state index in [1.807, 2.05) is 60.7 Å². The van der Waals surface area contributed by atoms with E-state index in [1.54, 1.807) is 19.1 Å². The molecule has 2 aliphatic rings. The number of aliphatic imine (C=N–C) groups is 1. The summed E-state index contributed by atoms with van der Waals surface area (Å²) in [6.45, 7) is 1.98. The maximum absolute atomic E-state index is 13.8. The Labute approximate surface area is 238 Å². The van der Waals surface area contributed by atoms with E-state index in [9.17, 15) is 14.7 Å². The van der Waals surface area contributed by atoms with Gasteiger partial charge in [-0.25, -0.2) is 0 Å². The first-order valence-electron chi connectivity index (χ1n) is 13.1. The van der Waals surface area contributed by atoms with Crippen LogP contribution in [0.1, 0.15) is 42.7 Å². The Hall–Kier alpha value is -4.10. The third-order valence-electron chi connectivity index (χ3n) is 7.38. The smallest absolute Gasteiger partial charge is 0.315 e. The van der Waals surface area contributed by atoms with Gasteiger partial charge in [0.15, 0.2) is 17.3 Å². The second-order valence-corrected chi connectivity index (χ2v) is 10.3. The first kappa shape index (κ1) is 27.5. The summed E-state index contributed by atoms with van der Waals surface area (Å²) in [5.74, 6) is -1.56. The van der Waals surface area contributed by atoms with Crippen molar-refractivity contribution in [3.8, 4) is 17.2 Å². The van der Waals surface area contributed by atoms with Crippen molar-refractivity contribution in [3.63, 3.8) is 0 Å². The van der Waals surface area contributed by atoms with Gasteiger partial charge in [0.05, 0.1) is 12.1 Å². The van der Waals surface area contributed by atoms with Gasteiger partial charge in [-0.1, -0.05) is 60.1 Å². The summed E-state index contributed by atoms with van der Waals surface area (Å²) in [4.78, 5) is 32.1. The number of phenols is 1. The summed E-state index contributed by atoms with van der Waals surface area (Å²) in [6.07, 6.45) is 0.859. The molecule has 8 heteroatoms. The number of ether oxygens (including phenoxy) is 3. The maximum Gasteiger partial charge on any atom is 0.315 e. The van der Waals surface area contributed by atoms with Crippen LogP contribution in [0.2, 0.25) is 5.02 Å². The zero-order valence-corrected chi connectivity index (χ0v) is 23.1. The zero-order valence-electron chi connectivity index (χ0n) is 22.3. The SMILES string of the molecule is COc1cc([C@H]2C3=C(C[C@@H](c4ccccc4)CC3=O)N=C(C)C2C(=O)OCCOc2ccccc2)cc(Cl)c1O. The normalized spacial score (nSPS) is 20.4. The number of ketones is 1. The largest absolute Gasteiger partial charge is 0.503 e. The lowest BCUT2D eigenvalue weighted by molar-refractivity contribution is -0.147. The summed E-state index contributed by atoms with van der Waals surface area (Å²) in [5, 5.41) is 10.4. The van der Waals surface area contributed by atoms with E-state index in [-0.39, 0.29) is 41.4 Å². The molecule has 0 fully saturated rings. The average Bonchev–Trinajstić information content (AvgIpc) is 2.96. The molecule has 3 aromatic carbocycles. The van der Waals surface area contributed by atoms with Crippen LogP contribution in [0.4, 0.5) is 0 Å². The summed E-state index contributed by atoms with van der Waals surface area (Å²) < 4.78 is 16.7. The van der Waals surface area contributed by atoms with Gasteiger partial charge in [-0.3, -0.25) is 14.6 Å². The van der Waals surface area contributed by atoms with Crippen molar-refractivity contribution in [1.29, 1.82) is 0 Å². The topological polar surface area (TPSA) is 94.4 Å². The number of carbonyl (C=O) groups excluding carboxylic acids is 2. The van der Waals surface area contributed by atoms with Crippen LogP contribution in [0.5, 0.6) is 17.2 Å². The van der Waals surface area contributed by atoms with Crippen molar-refractivity contribution in [2.24, 2.45) is 10.9 Å². The number of hydrogen-bond acceptors (Lipinski definition) is 7. The van der Waals surface area contributed by atoms with E-state index in [4.69, 9.17) is 30.8 Å². The molecule has 0 spiro atoms. The summed E-state index contributed by atoms with van der Waals surface area (Å²) in [6, 6.07) is 22.3. The number of nitrogens with zero attached hydrogens (tertiary/aromatic N) is 1. The Bertz CT molecular complexity index is 1470. The molecule has 1 aliphatic carbocycles. The van der Waals surface area contributed by atoms with Crippen molar-refractivity contribution in [2.45, 2.75) is 31.6 Å². The Kier molecular flexibility index (Phi) is 8.21. The Morgan fingerprint density at radius 1 is 1.00 bits per heavy atom. The predicted octanol–water partition coefficient (Wildman–Crippen LogP) is 6.25. The summed E-state index contributed by atoms with van der Waals surface area (Å²) in [5.41, 5.74) is 3.32. The number of halogens is 1. The first-order chi connectivity index (χ1) is 19.4. The highest BCUT2D eigenvalue weighted by Crippen LogP contribution is 2.49. The number of esters is 1. The molecule has 0 saturated carbocycles. The molecule has 0 amide bonds. The average molecular weight is 560 g/mol. The number of rotatable bonds is 8. The number of methoxy groups -OCH3 is 1. The fraction of sp³-hybridized carbons (Fsp3) is 0.281. The molecule has 1 unspecified atom stereocenters. The highest BCUT2D eigenvalue weighted by atomic mass is 35.5. The molecule has 5 rings (SSSR count). The van der Waals surface area contributed by atoms with Gasteiger partial charge >= 0.3 is 5.97 Å². The number of hydrogen-bond donors (Lipinski definition) is 1. The van der Waals surface area contributed by atoms with Gasteiger partial charge in [0.1, 0.15) is 24.9 Å². The molecule has 7 nitrogen and oxygen atoms in total. The second kappa shape index (κ2) is 12.0. The number of benzene rings is 3.